The molecule has 1 N–H and O–H groups in total. The van der Waals surface area contributed by atoms with Crippen LogP contribution in [0.15, 0.2) is 29.2 Å². The first-order chi connectivity index (χ1) is 7.33. The normalized spacial score (nSPS) is 10.5. The fourth-order valence-electron chi connectivity index (χ4n) is 1.37. The van der Waals surface area contributed by atoms with E-state index in [4.69, 9.17) is 0 Å². The van der Waals surface area contributed by atoms with Crippen LogP contribution in [0.1, 0.15) is 25.3 Å². The van der Waals surface area contributed by atoms with Gasteiger partial charge in [0.1, 0.15) is 0 Å². The molecule has 0 aliphatic heterocycles. The molecule has 84 valence electrons. The van der Waals surface area contributed by atoms with Gasteiger partial charge in [0.05, 0.1) is 0 Å². The molecule has 0 spiro atoms. The summed E-state index contributed by atoms with van der Waals surface area (Å²) in [6.45, 7) is 6.64. The Morgan fingerprint density at radius 1 is 1.27 bits per heavy atom. The fraction of sp³-hybridized carbons (Fsp3) is 0.538. The van der Waals surface area contributed by atoms with E-state index >= 15 is 0 Å². The Morgan fingerprint density at radius 3 is 2.87 bits per heavy atom. The van der Waals surface area contributed by atoms with Crippen LogP contribution in [0.4, 0.5) is 0 Å². The molecule has 0 aliphatic rings. The molecule has 1 nitrogen and oxygen atoms in total. The van der Waals surface area contributed by atoms with E-state index in [9.17, 15) is 0 Å². The van der Waals surface area contributed by atoms with Gasteiger partial charge in [-0.25, -0.2) is 0 Å². The van der Waals surface area contributed by atoms with Crippen LogP contribution in [0.5, 0.6) is 0 Å². The first-order valence-corrected chi connectivity index (χ1v) is 6.71. The molecule has 0 fully saturated rings. The minimum absolute atomic E-state index is 1.11. The molecule has 0 unspecified atom stereocenters. The SMILES string of the molecule is CCCCNCCSc1cccc(C)c1. The van der Waals surface area contributed by atoms with Crippen molar-refractivity contribution in [1.29, 1.82) is 0 Å². The van der Waals surface area contributed by atoms with Gasteiger partial charge in [-0.1, -0.05) is 31.0 Å². The average molecular weight is 223 g/mol. The van der Waals surface area contributed by atoms with Gasteiger partial charge in [0.15, 0.2) is 0 Å². The van der Waals surface area contributed by atoms with Crippen molar-refractivity contribution in [2.24, 2.45) is 0 Å². The second-order valence-electron chi connectivity index (χ2n) is 3.77. The highest BCUT2D eigenvalue weighted by molar-refractivity contribution is 7.99. The highest BCUT2D eigenvalue weighted by Crippen LogP contribution is 2.17. The highest BCUT2D eigenvalue weighted by atomic mass is 32.2. The summed E-state index contributed by atoms with van der Waals surface area (Å²) < 4.78 is 0. The van der Waals surface area contributed by atoms with E-state index < -0.39 is 0 Å². The van der Waals surface area contributed by atoms with Crippen molar-refractivity contribution >= 4 is 11.8 Å². The quantitative estimate of drug-likeness (QED) is 0.561. The van der Waals surface area contributed by atoms with Crippen LogP contribution in [-0.2, 0) is 0 Å². The van der Waals surface area contributed by atoms with Gasteiger partial charge in [-0.3, -0.25) is 0 Å². The zero-order valence-corrected chi connectivity index (χ0v) is 10.6. The lowest BCUT2D eigenvalue weighted by molar-refractivity contribution is 0.666. The Balaban J connectivity index is 2.10. The lowest BCUT2D eigenvalue weighted by atomic mass is 10.2. The number of hydrogen-bond donors (Lipinski definition) is 1. The molecule has 0 aromatic heterocycles. The number of aryl methyl sites for hydroxylation is 1. The van der Waals surface area contributed by atoms with Crippen LogP contribution in [0.25, 0.3) is 0 Å². The number of benzene rings is 1. The summed E-state index contributed by atoms with van der Waals surface area (Å²) in [6.07, 6.45) is 2.56. The third kappa shape index (κ3) is 5.85. The number of thioether (sulfide) groups is 1. The van der Waals surface area contributed by atoms with Crippen LogP contribution in [-0.4, -0.2) is 18.8 Å². The van der Waals surface area contributed by atoms with E-state index in [1.54, 1.807) is 0 Å². The molecule has 0 saturated heterocycles. The summed E-state index contributed by atoms with van der Waals surface area (Å²) >= 11 is 1.93. The summed E-state index contributed by atoms with van der Waals surface area (Å²) in [6, 6.07) is 8.70. The van der Waals surface area contributed by atoms with E-state index in [1.165, 1.54) is 23.3 Å². The molecular formula is C13H21NS. The van der Waals surface area contributed by atoms with E-state index in [0.717, 1.165) is 18.8 Å². The first kappa shape index (κ1) is 12.6. The Kier molecular flexibility index (Phi) is 6.53. The van der Waals surface area contributed by atoms with Crippen LogP contribution >= 0.6 is 11.8 Å². The molecule has 15 heavy (non-hydrogen) atoms. The summed E-state index contributed by atoms with van der Waals surface area (Å²) in [4.78, 5) is 1.38. The number of unbranched alkanes of at least 4 members (excludes halogenated alkanes) is 1. The average Bonchev–Trinajstić information content (AvgIpc) is 2.23. The lowest BCUT2D eigenvalue weighted by Crippen LogP contribution is -2.18. The van der Waals surface area contributed by atoms with Gasteiger partial charge in [0, 0.05) is 17.2 Å². The zero-order valence-electron chi connectivity index (χ0n) is 9.75. The van der Waals surface area contributed by atoms with Gasteiger partial charge < -0.3 is 5.32 Å². The summed E-state index contributed by atoms with van der Waals surface area (Å²) in [5, 5.41) is 3.45. The van der Waals surface area contributed by atoms with Crippen molar-refractivity contribution in [2.45, 2.75) is 31.6 Å². The molecule has 1 aromatic carbocycles. The molecule has 0 radical (unpaired) electrons. The second kappa shape index (κ2) is 7.77. The van der Waals surface area contributed by atoms with Crippen molar-refractivity contribution in [3.8, 4) is 0 Å². The fourth-order valence-corrected chi connectivity index (χ4v) is 2.30. The van der Waals surface area contributed by atoms with Crippen molar-refractivity contribution < 1.29 is 0 Å². The van der Waals surface area contributed by atoms with E-state index in [0.29, 0.717) is 0 Å². The zero-order chi connectivity index (χ0) is 10.9. The summed E-state index contributed by atoms with van der Waals surface area (Å²) in [7, 11) is 0. The molecule has 0 bridgehead atoms. The van der Waals surface area contributed by atoms with E-state index in [-0.39, 0.29) is 0 Å². The minimum atomic E-state index is 1.11. The Hall–Kier alpha value is -0.470. The van der Waals surface area contributed by atoms with Crippen LogP contribution in [0.3, 0.4) is 0 Å². The Bertz CT molecular complexity index is 273. The number of rotatable bonds is 7. The maximum absolute atomic E-state index is 3.45. The summed E-state index contributed by atoms with van der Waals surface area (Å²) in [5.74, 6) is 1.16. The second-order valence-corrected chi connectivity index (χ2v) is 4.94. The van der Waals surface area contributed by atoms with Gasteiger partial charge in [-0.2, -0.15) is 0 Å². The van der Waals surface area contributed by atoms with Crippen molar-refractivity contribution in [3.05, 3.63) is 29.8 Å². The van der Waals surface area contributed by atoms with Gasteiger partial charge in [-0.15, -0.1) is 11.8 Å². The standard InChI is InChI=1S/C13H21NS/c1-3-4-8-14-9-10-15-13-7-5-6-12(2)11-13/h5-7,11,14H,3-4,8-10H2,1-2H3. The molecule has 0 saturated carbocycles. The lowest BCUT2D eigenvalue weighted by Gasteiger charge is -2.04. The van der Waals surface area contributed by atoms with Crippen molar-refractivity contribution in [2.75, 3.05) is 18.8 Å². The third-order valence-electron chi connectivity index (χ3n) is 2.24. The van der Waals surface area contributed by atoms with E-state index in [1.807, 2.05) is 11.8 Å². The number of hydrogen-bond acceptors (Lipinski definition) is 2. The topological polar surface area (TPSA) is 12.0 Å². The largest absolute Gasteiger partial charge is 0.316 e. The molecule has 1 rings (SSSR count). The van der Waals surface area contributed by atoms with Crippen LogP contribution in [0, 0.1) is 6.92 Å². The monoisotopic (exact) mass is 223 g/mol. The van der Waals surface area contributed by atoms with E-state index in [2.05, 4.69) is 43.4 Å². The molecule has 0 heterocycles. The predicted octanol–water partition coefficient (Wildman–Crippen LogP) is 3.48. The first-order valence-electron chi connectivity index (χ1n) is 5.73. The smallest absolute Gasteiger partial charge is 0.0106 e. The van der Waals surface area contributed by atoms with Crippen LogP contribution < -0.4 is 5.32 Å². The Labute approximate surface area is 97.7 Å². The number of nitrogens with one attached hydrogen (secondary N) is 1. The van der Waals surface area contributed by atoms with Crippen LogP contribution in [0.2, 0.25) is 0 Å². The third-order valence-corrected chi connectivity index (χ3v) is 3.24. The van der Waals surface area contributed by atoms with Gasteiger partial charge in [-0.05, 0) is 32.0 Å². The predicted molar refractivity (Wildman–Crippen MR) is 69.7 cm³/mol. The molecule has 0 amide bonds. The molecule has 2 heteroatoms. The maximum atomic E-state index is 3.45. The van der Waals surface area contributed by atoms with Crippen molar-refractivity contribution in [3.63, 3.8) is 0 Å². The van der Waals surface area contributed by atoms with Gasteiger partial charge in [0.25, 0.3) is 0 Å². The molecule has 0 atom stereocenters. The van der Waals surface area contributed by atoms with Gasteiger partial charge in [0.2, 0.25) is 0 Å². The Morgan fingerprint density at radius 2 is 2.13 bits per heavy atom. The molecule has 0 aliphatic carbocycles. The van der Waals surface area contributed by atoms with Gasteiger partial charge >= 0.3 is 0 Å². The highest BCUT2D eigenvalue weighted by Gasteiger charge is 1.93. The maximum Gasteiger partial charge on any atom is 0.0106 e. The molecule has 1 aromatic rings. The summed E-state index contributed by atoms with van der Waals surface area (Å²) in [5.41, 5.74) is 1.35. The molecular weight excluding hydrogens is 202 g/mol. The minimum Gasteiger partial charge on any atom is -0.316 e. The van der Waals surface area contributed by atoms with Crippen molar-refractivity contribution in [1.82, 2.24) is 5.32 Å².